The minimum absolute atomic E-state index is 0.315. The van der Waals surface area contributed by atoms with Crippen LogP contribution in [0.2, 0.25) is 5.02 Å². The van der Waals surface area contributed by atoms with E-state index in [0.29, 0.717) is 17.9 Å². The molecule has 0 saturated heterocycles. The Labute approximate surface area is 127 Å². The lowest BCUT2D eigenvalue weighted by molar-refractivity contribution is 0.0523. The molecule has 110 valence electrons. The van der Waals surface area contributed by atoms with Gasteiger partial charge in [-0.1, -0.05) is 23.7 Å². The van der Waals surface area contributed by atoms with E-state index in [1.165, 1.54) is 0 Å². The van der Waals surface area contributed by atoms with E-state index in [9.17, 15) is 9.32 Å². The van der Waals surface area contributed by atoms with Crippen molar-refractivity contribution in [3.63, 3.8) is 0 Å². The Morgan fingerprint density at radius 1 is 1.35 bits per heavy atom. The third-order valence-electron chi connectivity index (χ3n) is 3.54. The maximum Gasteiger partial charge on any atom is 0.144 e. The van der Waals surface area contributed by atoms with E-state index < -0.39 is 11.0 Å². The molecule has 1 fully saturated rings. The molecule has 5 heteroatoms. The normalized spacial score (nSPS) is 28.4. The second-order valence-electron chi connectivity index (χ2n) is 6.32. The number of benzene rings is 1. The van der Waals surface area contributed by atoms with Gasteiger partial charge in [0.2, 0.25) is 0 Å². The molecule has 2 rings (SSSR count). The topological polar surface area (TPSA) is 49.7 Å². The van der Waals surface area contributed by atoms with Crippen molar-refractivity contribution in [3.05, 3.63) is 34.9 Å². The van der Waals surface area contributed by atoms with Crippen molar-refractivity contribution in [1.29, 1.82) is 0 Å². The monoisotopic (exact) mass is 313 g/mol. The van der Waals surface area contributed by atoms with Gasteiger partial charge in [-0.05, 0) is 51.3 Å². The summed E-state index contributed by atoms with van der Waals surface area (Å²) < 4.78 is 15.9. The summed E-state index contributed by atoms with van der Waals surface area (Å²) in [6.45, 7) is 5.68. The maximum absolute atomic E-state index is 12.0. The zero-order valence-corrected chi connectivity index (χ0v) is 13.5. The number of rotatable bonds is 3. The molecular weight excluding hydrogens is 294 g/mol. The van der Waals surface area contributed by atoms with Crippen LogP contribution in [0.3, 0.4) is 0 Å². The number of nitrogens with zero attached hydrogens (tertiary/aromatic N) is 1. The molecule has 1 saturated carbocycles. The van der Waals surface area contributed by atoms with E-state index in [1.807, 2.05) is 45.0 Å². The van der Waals surface area contributed by atoms with E-state index in [2.05, 4.69) is 4.40 Å². The van der Waals surface area contributed by atoms with Gasteiger partial charge in [0.05, 0.1) is 10.9 Å². The summed E-state index contributed by atoms with van der Waals surface area (Å²) in [5.41, 5.74) is 0.743. The lowest BCUT2D eigenvalue weighted by Gasteiger charge is -2.43. The SMILES string of the molecule is CC(C)(C)S(=O)N=CC1(c2ccc(Cl)cc2)CC(O)C1. The van der Waals surface area contributed by atoms with Gasteiger partial charge in [0.15, 0.2) is 0 Å². The van der Waals surface area contributed by atoms with E-state index in [-0.39, 0.29) is 16.3 Å². The van der Waals surface area contributed by atoms with Crippen molar-refractivity contribution in [2.45, 2.75) is 49.9 Å². The summed E-state index contributed by atoms with van der Waals surface area (Å²) in [6.07, 6.45) is 2.66. The first-order chi connectivity index (χ1) is 9.23. The Bertz CT molecular complexity index is 528. The molecule has 0 spiro atoms. The number of hydrogen-bond donors (Lipinski definition) is 1. The van der Waals surface area contributed by atoms with Crippen LogP contribution in [0, 0.1) is 0 Å². The molecule has 1 aromatic rings. The van der Waals surface area contributed by atoms with Gasteiger partial charge in [-0.25, -0.2) is 4.21 Å². The zero-order chi connectivity index (χ0) is 15.0. The number of aliphatic hydroxyl groups excluding tert-OH is 1. The van der Waals surface area contributed by atoms with Crippen LogP contribution in [0.25, 0.3) is 0 Å². The van der Waals surface area contributed by atoms with Crippen LogP contribution < -0.4 is 0 Å². The smallest absolute Gasteiger partial charge is 0.144 e. The molecule has 0 aliphatic heterocycles. The van der Waals surface area contributed by atoms with Crippen molar-refractivity contribution in [2.75, 3.05) is 0 Å². The Morgan fingerprint density at radius 3 is 2.35 bits per heavy atom. The fourth-order valence-electron chi connectivity index (χ4n) is 2.29. The molecule has 1 aromatic carbocycles. The predicted molar refractivity (Wildman–Crippen MR) is 84.8 cm³/mol. The highest BCUT2D eigenvalue weighted by atomic mass is 35.5. The number of aliphatic hydroxyl groups is 1. The largest absolute Gasteiger partial charge is 0.393 e. The third kappa shape index (κ3) is 3.30. The van der Waals surface area contributed by atoms with Gasteiger partial charge in [0.1, 0.15) is 11.0 Å². The number of halogens is 1. The van der Waals surface area contributed by atoms with Crippen molar-refractivity contribution < 1.29 is 9.32 Å². The highest BCUT2D eigenvalue weighted by molar-refractivity contribution is 7.85. The molecule has 1 unspecified atom stereocenters. The van der Waals surface area contributed by atoms with Gasteiger partial charge in [-0.15, -0.1) is 0 Å². The van der Waals surface area contributed by atoms with E-state index in [1.54, 1.807) is 6.21 Å². The first kappa shape index (κ1) is 15.7. The summed E-state index contributed by atoms with van der Waals surface area (Å²) in [6, 6.07) is 7.55. The van der Waals surface area contributed by atoms with Gasteiger partial charge < -0.3 is 5.11 Å². The van der Waals surface area contributed by atoms with Crippen LogP contribution in [0.15, 0.2) is 28.7 Å². The molecule has 0 heterocycles. The second-order valence-corrected chi connectivity index (χ2v) is 8.69. The molecule has 1 N–H and O–H groups in total. The standard InChI is InChI=1S/C15H20ClNO2S/c1-14(2,3)20(19)17-10-15(8-13(18)9-15)11-4-6-12(16)7-5-11/h4-7,10,13,18H,8-9H2,1-3H3. The lowest BCUT2D eigenvalue weighted by Crippen LogP contribution is -2.46. The lowest BCUT2D eigenvalue weighted by atomic mass is 9.63. The van der Waals surface area contributed by atoms with Gasteiger partial charge >= 0.3 is 0 Å². The molecule has 1 aliphatic carbocycles. The summed E-state index contributed by atoms with van der Waals surface area (Å²) >= 11 is 5.91. The molecule has 3 nitrogen and oxygen atoms in total. The van der Waals surface area contributed by atoms with Crippen LogP contribution in [0.1, 0.15) is 39.2 Å². The van der Waals surface area contributed by atoms with Gasteiger partial charge in [-0.3, -0.25) is 0 Å². The van der Waals surface area contributed by atoms with Crippen LogP contribution in [0.5, 0.6) is 0 Å². The van der Waals surface area contributed by atoms with Crippen molar-refractivity contribution >= 4 is 28.8 Å². The van der Waals surface area contributed by atoms with Crippen molar-refractivity contribution in [1.82, 2.24) is 0 Å². The van der Waals surface area contributed by atoms with Gasteiger partial charge in [0, 0.05) is 16.7 Å². The van der Waals surface area contributed by atoms with E-state index in [0.717, 1.165) is 5.56 Å². The van der Waals surface area contributed by atoms with Gasteiger partial charge in [-0.2, -0.15) is 4.40 Å². The first-order valence-electron chi connectivity index (χ1n) is 6.64. The van der Waals surface area contributed by atoms with Crippen LogP contribution in [-0.4, -0.2) is 26.4 Å². The average molecular weight is 314 g/mol. The summed E-state index contributed by atoms with van der Waals surface area (Å²) in [4.78, 5) is 0. The molecule has 0 aromatic heterocycles. The minimum atomic E-state index is -1.28. The Morgan fingerprint density at radius 2 is 1.90 bits per heavy atom. The van der Waals surface area contributed by atoms with Crippen LogP contribution >= 0.6 is 11.6 Å². The van der Waals surface area contributed by atoms with Crippen LogP contribution in [0.4, 0.5) is 0 Å². The molecule has 0 radical (unpaired) electrons. The van der Waals surface area contributed by atoms with E-state index >= 15 is 0 Å². The first-order valence-corrected chi connectivity index (χ1v) is 8.13. The predicted octanol–water partition coefficient (Wildman–Crippen LogP) is 3.27. The van der Waals surface area contributed by atoms with E-state index in [4.69, 9.17) is 11.6 Å². The van der Waals surface area contributed by atoms with Gasteiger partial charge in [0.25, 0.3) is 0 Å². The Kier molecular flexibility index (Phi) is 4.38. The fourth-order valence-corrected chi connectivity index (χ4v) is 3.03. The van der Waals surface area contributed by atoms with Crippen molar-refractivity contribution in [3.8, 4) is 0 Å². The molecular formula is C15H20ClNO2S. The summed E-state index contributed by atoms with van der Waals surface area (Å²) in [5, 5.41) is 10.3. The summed E-state index contributed by atoms with van der Waals surface area (Å²) in [7, 11) is -1.28. The molecule has 0 bridgehead atoms. The second kappa shape index (κ2) is 5.58. The third-order valence-corrected chi connectivity index (χ3v) is 5.13. The van der Waals surface area contributed by atoms with Crippen LogP contribution in [-0.2, 0) is 16.4 Å². The molecule has 0 amide bonds. The highest BCUT2D eigenvalue weighted by Crippen LogP contribution is 2.43. The van der Waals surface area contributed by atoms with Crippen molar-refractivity contribution in [2.24, 2.45) is 4.40 Å². The quantitative estimate of drug-likeness (QED) is 0.871. The Balaban J connectivity index is 2.25. The molecule has 20 heavy (non-hydrogen) atoms. The highest BCUT2D eigenvalue weighted by Gasteiger charge is 2.44. The molecule has 1 atom stereocenters. The minimum Gasteiger partial charge on any atom is -0.393 e. The fraction of sp³-hybridized carbons (Fsp3) is 0.533. The maximum atomic E-state index is 12.0. The average Bonchev–Trinajstić information content (AvgIpc) is 2.32. The summed E-state index contributed by atoms with van der Waals surface area (Å²) in [5.74, 6) is 0. The zero-order valence-electron chi connectivity index (χ0n) is 12.0. The molecule has 1 aliphatic rings. The number of hydrogen-bond acceptors (Lipinski definition) is 2. The Hall–Kier alpha value is -0.710.